The van der Waals surface area contributed by atoms with Gasteiger partial charge in [-0.15, -0.1) is 0 Å². The molecule has 1 unspecified atom stereocenters. The molecular weight excluding hydrogens is 225 g/mol. The van der Waals surface area contributed by atoms with Crippen molar-refractivity contribution < 1.29 is 13.9 Å². The van der Waals surface area contributed by atoms with Gasteiger partial charge < -0.3 is 15.4 Å². The Morgan fingerprint density at radius 2 is 2.53 bits per heavy atom. The van der Waals surface area contributed by atoms with Crippen LogP contribution in [0.1, 0.15) is 10.5 Å². The molecule has 17 heavy (non-hydrogen) atoms. The number of carbonyl (C=O) groups excluding carboxylic acids is 1. The van der Waals surface area contributed by atoms with E-state index < -0.39 is 5.82 Å². The molecule has 92 valence electrons. The van der Waals surface area contributed by atoms with Crippen LogP contribution >= 0.6 is 0 Å². The molecule has 0 bridgehead atoms. The maximum Gasteiger partial charge on any atom is 0.269 e. The number of rotatable bonds is 3. The van der Waals surface area contributed by atoms with Crippen molar-refractivity contribution in [1.29, 1.82) is 0 Å². The number of pyridine rings is 1. The number of nitrogens with one attached hydrogen (secondary N) is 2. The SMILES string of the molecule is O=C(NCC1COCCN1)c1ccc(F)cn1. The number of morpholine rings is 1. The zero-order valence-electron chi connectivity index (χ0n) is 9.28. The Labute approximate surface area is 98.4 Å². The standard InChI is InChI=1S/C11H14FN3O2/c12-8-1-2-10(14-5-8)11(16)15-6-9-7-17-4-3-13-9/h1-2,5,9,13H,3-4,6-7H2,(H,15,16). The lowest BCUT2D eigenvalue weighted by Crippen LogP contribution is -2.48. The maximum absolute atomic E-state index is 12.6. The average Bonchev–Trinajstić information content (AvgIpc) is 2.38. The van der Waals surface area contributed by atoms with Crippen LogP contribution in [0.15, 0.2) is 18.3 Å². The van der Waals surface area contributed by atoms with Gasteiger partial charge in [0.15, 0.2) is 0 Å². The van der Waals surface area contributed by atoms with Crippen molar-refractivity contribution in [3.05, 3.63) is 29.8 Å². The summed E-state index contributed by atoms with van der Waals surface area (Å²) in [6.45, 7) is 2.54. The van der Waals surface area contributed by atoms with Crippen molar-refractivity contribution in [3.63, 3.8) is 0 Å². The van der Waals surface area contributed by atoms with Crippen molar-refractivity contribution in [3.8, 4) is 0 Å². The molecule has 1 fully saturated rings. The third kappa shape index (κ3) is 3.47. The Balaban J connectivity index is 1.82. The summed E-state index contributed by atoms with van der Waals surface area (Å²) in [6, 6.07) is 2.69. The zero-order valence-corrected chi connectivity index (χ0v) is 9.28. The summed E-state index contributed by atoms with van der Waals surface area (Å²) in [5.74, 6) is -0.763. The minimum Gasteiger partial charge on any atom is -0.378 e. The first-order valence-corrected chi connectivity index (χ1v) is 5.46. The van der Waals surface area contributed by atoms with Crippen LogP contribution in [0.4, 0.5) is 4.39 Å². The van der Waals surface area contributed by atoms with Crippen LogP contribution in [0.5, 0.6) is 0 Å². The molecule has 2 N–H and O–H groups in total. The third-order valence-corrected chi connectivity index (χ3v) is 2.47. The Hall–Kier alpha value is -1.53. The monoisotopic (exact) mass is 239 g/mol. The minimum atomic E-state index is -0.455. The molecule has 1 amide bonds. The van der Waals surface area contributed by atoms with Gasteiger partial charge in [-0.25, -0.2) is 9.37 Å². The first kappa shape index (κ1) is 11.9. The number of ether oxygens (including phenoxy) is 1. The molecule has 0 aliphatic carbocycles. The van der Waals surface area contributed by atoms with E-state index >= 15 is 0 Å². The highest BCUT2D eigenvalue weighted by Gasteiger charge is 2.14. The van der Waals surface area contributed by atoms with Crippen LogP contribution in [0.25, 0.3) is 0 Å². The van der Waals surface area contributed by atoms with Crippen LogP contribution in [0, 0.1) is 5.82 Å². The molecule has 5 nitrogen and oxygen atoms in total. The largest absolute Gasteiger partial charge is 0.378 e. The molecule has 0 spiro atoms. The molecule has 1 atom stereocenters. The molecule has 1 saturated heterocycles. The molecule has 1 aliphatic rings. The first-order valence-electron chi connectivity index (χ1n) is 5.46. The van der Waals surface area contributed by atoms with Crippen LogP contribution in [0.2, 0.25) is 0 Å². The Kier molecular flexibility index (Phi) is 4.00. The number of hydrogen-bond donors (Lipinski definition) is 2. The molecular formula is C11H14FN3O2. The Bertz CT molecular complexity index is 377. The highest BCUT2D eigenvalue weighted by atomic mass is 19.1. The van der Waals surface area contributed by atoms with Crippen LogP contribution in [-0.2, 0) is 4.74 Å². The van der Waals surface area contributed by atoms with Gasteiger partial charge in [-0.05, 0) is 12.1 Å². The lowest BCUT2D eigenvalue weighted by molar-refractivity contribution is 0.0733. The summed E-state index contributed by atoms with van der Waals surface area (Å²) >= 11 is 0. The number of hydrogen-bond acceptors (Lipinski definition) is 4. The normalized spacial score (nSPS) is 19.9. The molecule has 0 radical (unpaired) electrons. The molecule has 6 heteroatoms. The van der Waals surface area contributed by atoms with E-state index in [1.165, 1.54) is 12.1 Å². The predicted octanol–water partition coefficient (Wildman–Crippen LogP) is -0.0611. The number of halogens is 1. The first-order chi connectivity index (χ1) is 8.25. The topological polar surface area (TPSA) is 63.2 Å². The van der Waals surface area contributed by atoms with Crippen molar-refractivity contribution in [2.24, 2.45) is 0 Å². The highest BCUT2D eigenvalue weighted by molar-refractivity contribution is 5.92. The van der Waals surface area contributed by atoms with Gasteiger partial charge in [-0.3, -0.25) is 4.79 Å². The van der Waals surface area contributed by atoms with Gasteiger partial charge in [0.1, 0.15) is 11.5 Å². The average molecular weight is 239 g/mol. The van der Waals surface area contributed by atoms with E-state index in [2.05, 4.69) is 15.6 Å². The maximum atomic E-state index is 12.6. The molecule has 2 rings (SSSR count). The summed E-state index contributed by atoms with van der Waals surface area (Å²) in [5.41, 5.74) is 0.211. The summed E-state index contributed by atoms with van der Waals surface area (Å²) in [6.07, 6.45) is 1.02. The van der Waals surface area contributed by atoms with E-state index in [1.54, 1.807) is 0 Å². The molecule has 1 aromatic rings. The highest BCUT2D eigenvalue weighted by Crippen LogP contribution is 1.98. The van der Waals surface area contributed by atoms with Gasteiger partial charge in [-0.2, -0.15) is 0 Å². The van der Waals surface area contributed by atoms with E-state index in [4.69, 9.17) is 4.74 Å². The molecule has 1 aliphatic heterocycles. The van der Waals surface area contributed by atoms with Crippen molar-refractivity contribution in [2.45, 2.75) is 6.04 Å². The van der Waals surface area contributed by atoms with Crippen LogP contribution < -0.4 is 10.6 Å². The van der Waals surface area contributed by atoms with Gasteiger partial charge >= 0.3 is 0 Å². The number of aromatic nitrogens is 1. The van der Waals surface area contributed by atoms with Crippen molar-refractivity contribution >= 4 is 5.91 Å². The Morgan fingerprint density at radius 3 is 3.18 bits per heavy atom. The quantitative estimate of drug-likeness (QED) is 0.775. The molecule has 1 aromatic heterocycles. The summed E-state index contributed by atoms with van der Waals surface area (Å²) < 4.78 is 17.9. The van der Waals surface area contributed by atoms with Crippen LogP contribution in [0.3, 0.4) is 0 Å². The Morgan fingerprint density at radius 1 is 1.65 bits per heavy atom. The molecule has 0 aromatic carbocycles. The van der Waals surface area contributed by atoms with Gasteiger partial charge in [0.05, 0.1) is 19.4 Å². The minimum absolute atomic E-state index is 0.119. The van der Waals surface area contributed by atoms with E-state index in [0.717, 1.165) is 12.7 Å². The van der Waals surface area contributed by atoms with Crippen molar-refractivity contribution in [1.82, 2.24) is 15.6 Å². The zero-order chi connectivity index (χ0) is 12.1. The number of carbonyl (C=O) groups is 1. The number of amides is 1. The lowest BCUT2D eigenvalue weighted by atomic mass is 10.2. The molecule has 0 saturated carbocycles. The predicted molar refractivity (Wildman–Crippen MR) is 59.1 cm³/mol. The van der Waals surface area contributed by atoms with Gasteiger partial charge in [0, 0.05) is 19.1 Å². The molecule has 2 heterocycles. The third-order valence-electron chi connectivity index (χ3n) is 2.47. The van der Waals surface area contributed by atoms with Gasteiger partial charge in [-0.1, -0.05) is 0 Å². The van der Waals surface area contributed by atoms with Gasteiger partial charge in [0.2, 0.25) is 0 Å². The summed E-state index contributed by atoms with van der Waals surface area (Å²) in [4.78, 5) is 15.3. The fraction of sp³-hybridized carbons (Fsp3) is 0.455. The second-order valence-corrected chi connectivity index (χ2v) is 3.80. The van der Waals surface area contributed by atoms with E-state index in [9.17, 15) is 9.18 Å². The van der Waals surface area contributed by atoms with Gasteiger partial charge in [0.25, 0.3) is 5.91 Å². The fourth-order valence-corrected chi connectivity index (χ4v) is 1.57. The van der Waals surface area contributed by atoms with Crippen molar-refractivity contribution in [2.75, 3.05) is 26.3 Å². The second kappa shape index (κ2) is 5.70. The second-order valence-electron chi connectivity index (χ2n) is 3.80. The fourth-order valence-electron chi connectivity index (χ4n) is 1.57. The number of nitrogens with zero attached hydrogens (tertiary/aromatic N) is 1. The lowest BCUT2D eigenvalue weighted by Gasteiger charge is -2.23. The van der Waals surface area contributed by atoms with E-state index in [-0.39, 0.29) is 17.6 Å². The van der Waals surface area contributed by atoms with E-state index in [1.807, 2.05) is 0 Å². The van der Waals surface area contributed by atoms with E-state index in [0.29, 0.717) is 19.8 Å². The van der Waals surface area contributed by atoms with Crippen LogP contribution in [-0.4, -0.2) is 43.2 Å². The smallest absolute Gasteiger partial charge is 0.269 e. The summed E-state index contributed by atoms with van der Waals surface area (Å²) in [7, 11) is 0. The summed E-state index contributed by atoms with van der Waals surface area (Å²) in [5, 5.41) is 5.94.